The molecule has 0 saturated heterocycles. The minimum absolute atomic E-state index is 0.00561. The van der Waals surface area contributed by atoms with E-state index in [0.29, 0.717) is 5.82 Å². The van der Waals surface area contributed by atoms with Crippen LogP contribution in [-0.2, 0) is 6.54 Å². The third-order valence-electron chi connectivity index (χ3n) is 2.01. The fourth-order valence-corrected chi connectivity index (χ4v) is 1.51. The van der Waals surface area contributed by atoms with Gasteiger partial charge in [0, 0.05) is 19.0 Å². The molecule has 0 amide bonds. The third kappa shape index (κ3) is 3.84. The maximum Gasteiger partial charge on any atom is 0.389 e. The highest BCUT2D eigenvalue weighted by molar-refractivity contribution is 6.29. The van der Waals surface area contributed by atoms with Gasteiger partial charge < -0.3 is 0 Å². The van der Waals surface area contributed by atoms with Crippen molar-refractivity contribution >= 4 is 11.6 Å². The monoisotopic (exact) mass is 254 g/mol. The molecule has 0 fully saturated rings. The van der Waals surface area contributed by atoms with Crippen molar-refractivity contribution < 1.29 is 13.2 Å². The van der Waals surface area contributed by atoms with Crippen LogP contribution in [0.1, 0.15) is 18.7 Å². The lowest BCUT2D eigenvalue weighted by Crippen LogP contribution is -2.23. The molecule has 0 spiro atoms. The molecule has 0 radical (unpaired) electrons. The molecule has 0 atom stereocenters. The van der Waals surface area contributed by atoms with E-state index in [1.807, 2.05) is 0 Å². The highest BCUT2D eigenvalue weighted by atomic mass is 35.5. The molecule has 0 aliphatic carbocycles. The van der Waals surface area contributed by atoms with E-state index in [1.165, 1.54) is 11.5 Å². The number of rotatable bonds is 3. The highest BCUT2D eigenvalue weighted by Crippen LogP contribution is 2.21. The van der Waals surface area contributed by atoms with Gasteiger partial charge in [-0.05, 0) is 13.3 Å². The molecule has 0 aliphatic rings. The topological polar surface area (TPSA) is 34.9 Å². The Morgan fingerprint density at radius 2 is 2.12 bits per heavy atom. The maximum absolute atomic E-state index is 11.9. The van der Waals surface area contributed by atoms with Crippen molar-refractivity contribution in [1.82, 2.24) is 9.55 Å². The second-order valence-electron chi connectivity index (χ2n) is 3.33. The van der Waals surface area contributed by atoms with Gasteiger partial charge in [-0.1, -0.05) is 11.6 Å². The first-order valence-corrected chi connectivity index (χ1v) is 4.98. The summed E-state index contributed by atoms with van der Waals surface area (Å²) in [6.07, 6.45) is -5.26. The number of aryl methyl sites for hydroxylation is 1. The molecule has 0 bridgehead atoms. The first-order chi connectivity index (χ1) is 7.29. The molecule has 0 saturated carbocycles. The molecule has 0 unspecified atom stereocenters. The summed E-state index contributed by atoms with van der Waals surface area (Å²) in [7, 11) is 0. The van der Waals surface area contributed by atoms with E-state index in [4.69, 9.17) is 11.6 Å². The molecule has 16 heavy (non-hydrogen) atoms. The van der Waals surface area contributed by atoms with E-state index in [9.17, 15) is 18.0 Å². The summed E-state index contributed by atoms with van der Waals surface area (Å²) >= 11 is 5.52. The van der Waals surface area contributed by atoms with Crippen LogP contribution in [0.3, 0.4) is 0 Å². The molecular weight excluding hydrogens is 245 g/mol. The molecule has 0 aliphatic heterocycles. The molecule has 90 valence electrons. The van der Waals surface area contributed by atoms with E-state index < -0.39 is 18.2 Å². The van der Waals surface area contributed by atoms with Crippen molar-refractivity contribution in [1.29, 1.82) is 0 Å². The lowest BCUT2D eigenvalue weighted by atomic mass is 10.3. The van der Waals surface area contributed by atoms with Gasteiger partial charge in [-0.2, -0.15) is 13.2 Å². The lowest BCUT2D eigenvalue weighted by Gasteiger charge is -2.10. The predicted octanol–water partition coefficient (Wildman–Crippen LogP) is 2.55. The minimum Gasteiger partial charge on any atom is -0.297 e. The van der Waals surface area contributed by atoms with Crippen LogP contribution in [0.2, 0.25) is 5.15 Å². The summed E-state index contributed by atoms with van der Waals surface area (Å²) < 4.78 is 36.9. The summed E-state index contributed by atoms with van der Waals surface area (Å²) in [5.74, 6) is 0.319. The summed E-state index contributed by atoms with van der Waals surface area (Å²) in [6, 6.07) is 1.09. The third-order valence-corrected chi connectivity index (χ3v) is 2.20. The standard InChI is InChI=1S/C9H10ClF3N2O/c1-6-14-7(10)5-8(16)15(6)4-2-3-9(11,12)13/h5H,2-4H2,1H3. The van der Waals surface area contributed by atoms with E-state index in [1.54, 1.807) is 0 Å². The van der Waals surface area contributed by atoms with E-state index >= 15 is 0 Å². The van der Waals surface area contributed by atoms with Crippen LogP contribution >= 0.6 is 11.6 Å². The number of alkyl halides is 3. The Bertz CT molecular complexity index is 428. The fraction of sp³-hybridized carbons (Fsp3) is 0.556. The van der Waals surface area contributed by atoms with Crippen molar-refractivity contribution in [3.63, 3.8) is 0 Å². The number of halogens is 4. The Morgan fingerprint density at radius 1 is 1.50 bits per heavy atom. The Kier molecular flexibility index (Phi) is 3.96. The molecular formula is C9H10ClF3N2O. The second kappa shape index (κ2) is 4.86. The Balaban J connectivity index is 2.72. The van der Waals surface area contributed by atoms with Crippen molar-refractivity contribution in [2.45, 2.75) is 32.5 Å². The molecule has 0 N–H and O–H groups in total. The van der Waals surface area contributed by atoms with Gasteiger partial charge in [-0.3, -0.25) is 9.36 Å². The fourth-order valence-electron chi connectivity index (χ4n) is 1.30. The second-order valence-corrected chi connectivity index (χ2v) is 3.72. The molecule has 3 nitrogen and oxygen atoms in total. The van der Waals surface area contributed by atoms with Crippen molar-refractivity contribution in [2.75, 3.05) is 0 Å². The van der Waals surface area contributed by atoms with Gasteiger partial charge in [-0.25, -0.2) is 4.98 Å². The van der Waals surface area contributed by atoms with E-state index in [0.717, 1.165) is 6.07 Å². The van der Waals surface area contributed by atoms with Gasteiger partial charge in [0.25, 0.3) is 5.56 Å². The van der Waals surface area contributed by atoms with Crippen molar-refractivity contribution in [2.24, 2.45) is 0 Å². The molecule has 1 aromatic rings. The molecule has 1 heterocycles. The van der Waals surface area contributed by atoms with Crippen LogP contribution in [0.4, 0.5) is 13.2 Å². The number of aromatic nitrogens is 2. The van der Waals surface area contributed by atoms with E-state index in [-0.39, 0.29) is 18.1 Å². The van der Waals surface area contributed by atoms with Crippen LogP contribution < -0.4 is 5.56 Å². The Morgan fingerprint density at radius 3 is 2.62 bits per heavy atom. The summed E-state index contributed by atoms with van der Waals surface area (Å²) in [5, 5.41) is 0.0505. The number of hydrogen-bond donors (Lipinski definition) is 0. The van der Waals surface area contributed by atoms with Crippen LogP contribution in [0.25, 0.3) is 0 Å². The van der Waals surface area contributed by atoms with E-state index in [2.05, 4.69) is 4.98 Å². The van der Waals surface area contributed by atoms with Crippen LogP contribution in [0, 0.1) is 6.92 Å². The van der Waals surface area contributed by atoms with Gasteiger partial charge in [0.2, 0.25) is 0 Å². The molecule has 1 aromatic heterocycles. The SMILES string of the molecule is Cc1nc(Cl)cc(=O)n1CCCC(F)(F)F. The number of hydrogen-bond acceptors (Lipinski definition) is 2. The largest absolute Gasteiger partial charge is 0.389 e. The van der Waals surface area contributed by atoms with Gasteiger partial charge in [0.05, 0.1) is 0 Å². The molecule has 0 aromatic carbocycles. The summed E-state index contributed by atoms with van der Waals surface area (Å²) in [6.45, 7) is 1.52. The lowest BCUT2D eigenvalue weighted by molar-refractivity contribution is -0.135. The first-order valence-electron chi connectivity index (χ1n) is 4.60. The van der Waals surface area contributed by atoms with Gasteiger partial charge in [0.1, 0.15) is 11.0 Å². The molecule has 7 heteroatoms. The quantitative estimate of drug-likeness (QED) is 0.777. The Labute approximate surface area is 94.9 Å². The maximum atomic E-state index is 11.9. The average molecular weight is 255 g/mol. The summed E-state index contributed by atoms with van der Waals surface area (Å²) in [4.78, 5) is 15.2. The van der Waals surface area contributed by atoms with Crippen molar-refractivity contribution in [3.8, 4) is 0 Å². The zero-order valence-corrected chi connectivity index (χ0v) is 9.27. The minimum atomic E-state index is -4.20. The predicted molar refractivity (Wildman–Crippen MR) is 53.5 cm³/mol. The highest BCUT2D eigenvalue weighted by Gasteiger charge is 2.26. The van der Waals surface area contributed by atoms with Crippen molar-refractivity contribution in [3.05, 3.63) is 27.4 Å². The van der Waals surface area contributed by atoms with Crippen LogP contribution in [0.15, 0.2) is 10.9 Å². The van der Waals surface area contributed by atoms with Crippen LogP contribution in [-0.4, -0.2) is 15.7 Å². The Hall–Kier alpha value is -1.04. The molecule has 1 rings (SSSR count). The average Bonchev–Trinajstić information content (AvgIpc) is 2.07. The normalized spacial score (nSPS) is 11.8. The summed E-state index contributed by atoms with van der Waals surface area (Å²) in [5.41, 5.74) is -0.431. The first kappa shape index (κ1) is 13.0. The van der Waals surface area contributed by atoms with Gasteiger partial charge >= 0.3 is 6.18 Å². The van der Waals surface area contributed by atoms with Gasteiger partial charge in [0.15, 0.2) is 0 Å². The zero-order chi connectivity index (χ0) is 12.3. The smallest absolute Gasteiger partial charge is 0.297 e. The zero-order valence-electron chi connectivity index (χ0n) is 8.51. The van der Waals surface area contributed by atoms with Crippen LogP contribution in [0.5, 0.6) is 0 Å². The number of nitrogens with zero attached hydrogens (tertiary/aromatic N) is 2. The van der Waals surface area contributed by atoms with Gasteiger partial charge in [-0.15, -0.1) is 0 Å².